The second kappa shape index (κ2) is 4.24. The van der Waals surface area contributed by atoms with E-state index >= 15 is 0 Å². The Morgan fingerprint density at radius 3 is 2.28 bits per heavy atom. The Morgan fingerprint density at radius 1 is 1.11 bits per heavy atom. The Morgan fingerprint density at radius 2 is 1.78 bits per heavy atom. The molecule has 1 heterocycles. The third kappa shape index (κ3) is 2.31. The fourth-order valence-corrected chi connectivity index (χ4v) is 1.55. The van der Waals surface area contributed by atoms with Crippen LogP contribution in [0, 0.1) is 11.6 Å². The molecule has 2 aromatic rings. The molecule has 1 aromatic carbocycles. The van der Waals surface area contributed by atoms with Gasteiger partial charge in [-0.05, 0) is 12.1 Å². The molecule has 2 nitrogen and oxygen atoms in total. The van der Waals surface area contributed by atoms with Gasteiger partial charge >= 0.3 is 6.18 Å². The number of halogens is 6. The van der Waals surface area contributed by atoms with Crippen molar-refractivity contribution in [2.75, 3.05) is 0 Å². The van der Waals surface area contributed by atoms with Crippen molar-refractivity contribution >= 4 is 11.6 Å². The van der Waals surface area contributed by atoms with E-state index in [2.05, 4.69) is 5.10 Å². The lowest BCUT2D eigenvalue weighted by Crippen LogP contribution is -2.08. The number of nitrogens with zero attached hydrogens (tertiary/aromatic N) is 2. The fraction of sp³-hybridized carbons (Fsp3) is 0.100. The first-order chi connectivity index (χ1) is 8.29. The molecule has 0 saturated carbocycles. The van der Waals surface area contributed by atoms with Gasteiger partial charge in [-0.15, -0.1) is 0 Å². The van der Waals surface area contributed by atoms with E-state index in [1.807, 2.05) is 0 Å². The van der Waals surface area contributed by atoms with Gasteiger partial charge in [-0.1, -0.05) is 11.6 Å². The molecule has 0 atom stereocenters. The molecule has 0 aliphatic rings. The number of aromatic nitrogens is 2. The molecule has 0 amide bonds. The predicted molar refractivity (Wildman–Crippen MR) is 53.5 cm³/mol. The number of benzene rings is 1. The highest BCUT2D eigenvalue weighted by Gasteiger charge is 2.35. The summed E-state index contributed by atoms with van der Waals surface area (Å²) in [6, 6.07) is 2.93. The van der Waals surface area contributed by atoms with Crippen LogP contribution in [-0.2, 0) is 6.18 Å². The molecule has 8 heteroatoms. The van der Waals surface area contributed by atoms with Crippen LogP contribution in [0.5, 0.6) is 0 Å². The molecule has 0 fully saturated rings. The van der Waals surface area contributed by atoms with E-state index in [0.29, 0.717) is 16.8 Å². The van der Waals surface area contributed by atoms with Gasteiger partial charge in [0, 0.05) is 12.1 Å². The van der Waals surface area contributed by atoms with Crippen molar-refractivity contribution < 1.29 is 22.0 Å². The summed E-state index contributed by atoms with van der Waals surface area (Å²) in [5.41, 5.74) is -1.62. The van der Waals surface area contributed by atoms with Gasteiger partial charge in [0.2, 0.25) is 0 Å². The maximum Gasteiger partial charge on any atom is 0.435 e. The summed E-state index contributed by atoms with van der Waals surface area (Å²) in [6.07, 6.45) is -4.69. The average molecular weight is 283 g/mol. The number of hydrogen-bond donors (Lipinski definition) is 0. The van der Waals surface area contributed by atoms with Gasteiger partial charge in [-0.2, -0.15) is 18.3 Å². The molecule has 0 aliphatic heterocycles. The van der Waals surface area contributed by atoms with Crippen LogP contribution in [0.3, 0.4) is 0 Å². The molecule has 0 saturated heterocycles. The number of rotatable bonds is 1. The van der Waals surface area contributed by atoms with Gasteiger partial charge in [-0.25, -0.2) is 13.5 Å². The number of hydrogen-bond acceptors (Lipinski definition) is 1. The fourth-order valence-electron chi connectivity index (χ4n) is 1.32. The van der Waals surface area contributed by atoms with Crippen LogP contribution in [0.25, 0.3) is 5.69 Å². The lowest BCUT2D eigenvalue weighted by atomic mass is 10.3. The van der Waals surface area contributed by atoms with E-state index < -0.39 is 28.7 Å². The molecule has 96 valence electrons. The minimum atomic E-state index is -4.69. The average Bonchev–Trinajstić information content (AvgIpc) is 2.60. The first-order valence-corrected chi connectivity index (χ1v) is 4.95. The Kier molecular flexibility index (Phi) is 3.02. The quantitative estimate of drug-likeness (QED) is 0.727. The lowest BCUT2D eigenvalue weighted by Gasteiger charge is -2.05. The Hall–Kier alpha value is -1.63. The molecule has 0 spiro atoms. The minimum Gasteiger partial charge on any atom is -0.219 e. The normalized spacial score (nSPS) is 11.9. The Balaban J connectivity index is 2.55. The van der Waals surface area contributed by atoms with Gasteiger partial charge in [0.15, 0.2) is 11.5 Å². The minimum absolute atomic E-state index is 0.364. The lowest BCUT2D eigenvalue weighted by molar-refractivity contribution is -0.141. The smallest absolute Gasteiger partial charge is 0.219 e. The van der Waals surface area contributed by atoms with Crippen LogP contribution in [0.2, 0.25) is 5.15 Å². The van der Waals surface area contributed by atoms with Gasteiger partial charge in [0.25, 0.3) is 0 Å². The predicted octanol–water partition coefficient (Wildman–Crippen LogP) is 3.82. The van der Waals surface area contributed by atoms with E-state index in [1.165, 1.54) is 0 Å². The zero-order chi connectivity index (χ0) is 13.5. The molecule has 0 aliphatic carbocycles. The van der Waals surface area contributed by atoms with Crippen LogP contribution in [0.15, 0.2) is 24.3 Å². The summed E-state index contributed by atoms with van der Waals surface area (Å²) in [7, 11) is 0. The summed E-state index contributed by atoms with van der Waals surface area (Å²) < 4.78 is 63.7. The standard InChI is InChI=1S/C10H4ClF5N2/c11-9-4-8(10(14,15)16)17-18(9)7-2-1-5(12)3-6(7)13/h1-4H. The summed E-state index contributed by atoms with van der Waals surface area (Å²) in [6.45, 7) is 0. The largest absolute Gasteiger partial charge is 0.435 e. The van der Waals surface area contributed by atoms with Gasteiger partial charge < -0.3 is 0 Å². The van der Waals surface area contributed by atoms with Gasteiger partial charge in [-0.3, -0.25) is 0 Å². The molecule has 18 heavy (non-hydrogen) atoms. The molecule has 2 rings (SSSR count). The second-order valence-electron chi connectivity index (χ2n) is 3.36. The summed E-state index contributed by atoms with van der Waals surface area (Å²) in [5.74, 6) is -1.91. The van der Waals surface area contributed by atoms with Gasteiger partial charge in [0.05, 0.1) is 0 Å². The zero-order valence-corrected chi connectivity index (χ0v) is 9.23. The SMILES string of the molecule is Fc1ccc(-n2nc(C(F)(F)F)cc2Cl)c(F)c1. The van der Waals surface area contributed by atoms with E-state index in [0.717, 1.165) is 12.1 Å². The van der Waals surface area contributed by atoms with Crippen LogP contribution >= 0.6 is 11.6 Å². The zero-order valence-electron chi connectivity index (χ0n) is 8.47. The summed E-state index contributed by atoms with van der Waals surface area (Å²) in [4.78, 5) is 0. The van der Waals surface area contributed by atoms with Crippen LogP contribution < -0.4 is 0 Å². The van der Waals surface area contributed by atoms with Crippen LogP contribution in [0.1, 0.15) is 5.69 Å². The van der Waals surface area contributed by atoms with Crippen LogP contribution in [0.4, 0.5) is 22.0 Å². The highest BCUT2D eigenvalue weighted by molar-refractivity contribution is 6.29. The van der Waals surface area contributed by atoms with E-state index in [-0.39, 0.29) is 5.69 Å². The van der Waals surface area contributed by atoms with Crippen molar-refractivity contribution in [3.05, 3.63) is 46.7 Å². The monoisotopic (exact) mass is 282 g/mol. The molecule has 0 unspecified atom stereocenters. The molecule has 0 bridgehead atoms. The van der Waals surface area contributed by atoms with Gasteiger partial charge in [0.1, 0.15) is 16.7 Å². The van der Waals surface area contributed by atoms with Crippen molar-refractivity contribution in [3.63, 3.8) is 0 Å². The molecular weight excluding hydrogens is 279 g/mol. The third-order valence-electron chi connectivity index (χ3n) is 2.09. The van der Waals surface area contributed by atoms with Crippen molar-refractivity contribution in [3.8, 4) is 5.69 Å². The van der Waals surface area contributed by atoms with E-state index in [4.69, 9.17) is 11.6 Å². The van der Waals surface area contributed by atoms with Crippen molar-refractivity contribution in [2.24, 2.45) is 0 Å². The first-order valence-electron chi connectivity index (χ1n) is 4.57. The number of alkyl halides is 3. The topological polar surface area (TPSA) is 17.8 Å². The van der Waals surface area contributed by atoms with E-state index in [1.54, 1.807) is 0 Å². The van der Waals surface area contributed by atoms with Crippen molar-refractivity contribution in [2.45, 2.75) is 6.18 Å². The van der Waals surface area contributed by atoms with Crippen molar-refractivity contribution in [1.82, 2.24) is 9.78 Å². The highest BCUT2D eigenvalue weighted by atomic mass is 35.5. The molecular formula is C10H4ClF5N2. The first kappa shape index (κ1) is 12.8. The van der Waals surface area contributed by atoms with Crippen molar-refractivity contribution in [1.29, 1.82) is 0 Å². The molecule has 1 aromatic heterocycles. The molecule has 0 N–H and O–H groups in total. The summed E-state index contributed by atoms with van der Waals surface area (Å²) >= 11 is 5.54. The Bertz CT molecular complexity index is 590. The third-order valence-corrected chi connectivity index (χ3v) is 2.36. The highest BCUT2D eigenvalue weighted by Crippen LogP contribution is 2.31. The van der Waals surface area contributed by atoms with Crippen LogP contribution in [-0.4, -0.2) is 9.78 Å². The molecule has 0 radical (unpaired) electrons. The van der Waals surface area contributed by atoms with E-state index in [9.17, 15) is 22.0 Å². The summed E-state index contributed by atoms with van der Waals surface area (Å²) in [5, 5.41) is 2.72. The maximum atomic E-state index is 13.4. The second-order valence-corrected chi connectivity index (χ2v) is 3.74. The Labute approximate surface area is 103 Å². The maximum absolute atomic E-state index is 13.4.